The van der Waals surface area contributed by atoms with E-state index in [1.54, 1.807) is 60.7 Å². The van der Waals surface area contributed by atoms with Gasteiger partial charge in [-0.3, -0.25) is 24.5 Å². The predicted octanol–water partition coefficient (Wildman–Crippen LogP) is 6.87. The average Bonchev–Trinajstić information content (AvgIpc) is 3.62. The van der Waals surface area contributed by atoms with Crippen molar-refractivity contribution in [3.05, 3.63) is 110 Å². The molecule has 3 atom stereocenters. The molecule has 3 heterocycles. The molecule has 6 rings (SSSR count). The monoisotopic (exact) mass is 583 g/mol. The number of non-ortho nitro benzene ring substituents is 1. The molecule has 2 aliphatic heterocycles. The van der Waals surface area contributed by atoms with Crippen molar-refractivity contribution >= 4 is 63.7 Å². The summed E-state index contributed by atoms with van der Waals surface area (Å²) in [6.45, 7) is 0. The van der Waals surface area contributed by atoms with Gasteiger partial charge in [0.2, 0.25) is 5.91 Å². The Labute approximate surface area is 236 Å². The van der Waals surface area contributed by atoms with E-state index in [0.717, 1.165) is 4.90 Å². The molecule has 2 aliphatic rings. The number of benzene rings is 3. The van der Waals surface area contributed by atoms with Crippen LogP contribution in [0.3, 0.4) is 0 Å². The van der Waals surface area contributed by atoms with Gasteiger partial charge in [-0.25, -0.2) is 9.96 Å². The number of halogens is 3. The van der Waals surface area contributed by atoms with Crippen molar-refractivity contribution in [1.29, 1.82) is 0 Å². The Hall–Kier alpha value is -3.89. The molecule has 2 saturated heterocycles. The van der Waals surface area contributed by atoms with Crippen LogP contribution in [0.1, 0.15) is 11.8 Å². The highest BCUT2D eigenvalue weighted by atomic mass is 35.5. The Morgan fingerprint density at radius 3 is 2.31 bits per heavy atom. The van der Waals surface area contributed by atoms with Crippen LogP contribution in [0.4, 0.5) is 17.1 Å². The smallest absolute Gasteiger partial charge is 0.271 e. The summed E-state index contributed by atoms with van der Waals surface area (Å²) >= 11 is 18.2. The van der Waals surface area contributed by atoms with Gasteiger partial charge in [0.05, 0.1) is 26.3 Å². The third-order valence-corrected chi connectivity index (χ3v) is 7.61. The van der Waals surface area contributed by atoms with Crippen molar-refractivity contribution in [2.45, 2.75) is 12.1 Å². The Bertz CT molecular complexity index is 1640. The van der Waals surface area contributed by atoms with Crippen molar-refractivity contribution in [3.8, 4) is 11.3 Å². The minimum atomic E-state index is -1.18. The fraction of sp³-hybridized carbons (Fsp3) is 0.111. The molecule has 0 bridgehead atoms. The van der Waals surface area contributed by atoms with Gasteiger partial charge in [-0.05, 0) is 60.7 Å². The predicted molar refractivity (Wildman–Crippen MR) is 145 cm³/mol. The molecule has 3 aromatic carbocycles. The van der Waals surface area contributed by atoms with Crippen molar-refractivity contribution in [2.75, 3.05) is 9.96 Å². The van der Waals surface area contributed by atoms with Crippen LogP contribution in [-0.4, -0.2) is 22.8 Å². The number of nitro groups is 1. The Kier molecular flexibility index (Phi) is 6.31. The molecule has 0 N–H and O–H groups in total. The molecule has 0 aliphatic carbocycles. The van der Waals surface area contributed by atoms with Gasteiger partial charge in [0.25, 0.3) is 11.6 Å². The maximum absolute atomic E-state index is 13.8. The van der Waals surface area contributed by atoms with Crippen molar-refractivity contribution in [3.63, 3.8) is 0 Å². The molecule has 0 radical (unpaired) electrons. The second-order valence-corrected chi connectivity index (χ2v) is 10.2. The molecule has 12 heteroatoms. The fourth-order valence-corrected chi connectivity index (χ4v) is 5.26. The van der Waals surface area contributed by atoms with Gasteiger partial charge in [-0.1, -0.05) is 40.9 Å². The van der Waals surface area contributed by atoms with E-state index in [1.807, 2.05) is 0 Å². The van der Waals surface area contributed by atoms with Crippen molar-refractivity contribution < 1.29 is 23.8 Å². The van der Waals surface area contributed by atoms with E-state index in [2.05, 4.69) is 0 Å². The number of nitrogens with zero attached hydrogens (tertiary/aromatic N) is 3. The van der Waals surface area contributed by atoms with Crippen LogP contribution >= 0.6 is 34.8 Å². The average molecular weight is 585 g/mol. The first-order chi connectivity index (χ1) is 18.7. The highest BCUT2D eigenvalue weighted by Crippen LogP contribution is 2.49. The van der Waals surface area contributed by atoms with Gasteiger partial charge in [0.15, 0.2) is 6.10 Å². The first-order valence-corrected chi connectivity index (χ1v) is 12.8. The first-order valence-electron chi connectivity index (χ1n) is 11.6. The normalized spacial score (nSPS) is 20.5. The van der Waals surface area contributed by atoms with Crippen LogP contribution in [0.5, 0.6) is 0 Å². The second-order valence-electron chi connectivity index (χ2n) is 8.92. The van der Waals surface area contributed by atoms with Crippen LogP contribution in [-0.2, 0) is 14.4 Å². The van der Waals surface area contributed by atoms with E-state index in [9.17, 15) is 19.7 Å². The molecule has 0 saturated carbocycles. The molecule has 2 fully saturated rings. The van der Waals surface area contributed by atoms with Crippen LogP contribution in [0.15, 0.2) is 83.3 Å². The van der Waals surface area contributed by atoms with Gasteiger partial charge in [-0.15, -0.1) is 0 Å². The minimum Gasteiger partial charge on any atom is -0.459 e. The van der Waals surface area contributed by atoms with E-state index in [-0.39, 0.29) is 11.4 Å². The second kappa shape index (κ2) is 9.69. The Balaban J connectivity index is 1.43. The molecule has 2 amide bonds. The maximum atomic E-state index is 13.8. The summed E-state index contributed by atoms with van der Waals surface area (Å²) in [6.07, 6.45) is -1.18. The largest absolute Gasteiger partial charge is 0.459 e. The minimum absolute atomic E-state index is 0.178. The summed E-state index contributed by atoms with van der Waals surface area (Å²) in [5, 5.41) is 13.9. The third kappa shape index (κ3) is 4.33. The first kappa shape index (κ1) is 25.4. The number of hydrogen-bond acceptors (Lipinski definition) is 7. The lowest BCUT2D eigenvalue weighted by molar-refractivity contribution is -0.384. The SMILES string of the molecule is O=C1[C@@H]2[C@@H](ON(c3cccc([N+](=O)[O-])c3)[C@H]2c2ccc(-c3ccc(Cl)c(Cl)c3)o2)C(=O)N1c1ccc(Cl)cc1. The Morgan fingerprint density at radius 1 is 0.821 bits per heavy atom. The number of nitro benzene ring substituents is 1. The molecule has 9 nitrogen and oxygen atoms in total. The number of fused-ring (bicyclic) bond motifs is 1. The molecule has 1 aromatic heterocycles. The summed E-state index contributed by atoms with van der Waals surface area (Å²) in [5.41, 5.74) is 1.10. The highest BCUT2D eigenvalue weighted by molar-refractivity contribution is 6.42. The molecule has 196 valence electrons. The molecular formula is C27H16Cl3N3O6. The Morgan fingerprint density at radius 2 is 1.59 bits per heavy atom. The number of hydrogen-bond donors (Lipinski definition) is 0. The summed E-state index contributed by atoms with van der Waals surface area (Å²) in [7, 11) is 0. The molecule has 4 aromatic rings. The fourth-order valence-electron chi connectivity index (χ4n) is 4.83. The van der Waals surface area contributed by atoms with Crippen LogP contribution in [0.2, 0.25) is 15.1 Å². The number of anilines is 2. The number of carbonyl (C=O) groups excluding carboxylic acids is 2. The van der Waals surface area contributed by atoms with Crippen LogP contribution < -0.4 is 9.96 Å². The number of imide groups is 1. The molecular weight excluding hydrogens is 569 g/mol. The van der Waals surface area contributed by atoms with Gasteiger partial charge >= 0.3 is 0 Å². The topological polar surface area (TPSA) is 106 Å². The number of amides is 2. The van der Waals surface area contributed by atoms with Gasteiger partial charge in [0, 0.05) is 22.7 Å². The lowest BCUT2D eigenvalue weighted by Gasteiger charge is -2.27. The molecule has 0 unspecified atom stereocenters. The van der Waals surface area contributed by atoms with Crippen LogP contribution in [0, 0.1) is 16.0 Å². The third-order valence-electron chi connectivity index (χ3n) is 6.62. The molecule has 0 spiro atoms. The zero-order valence-electron chi connectivity index (χ0n) is 19.7. The molecule has 39 heavy (non-hydrogen) atoms. The van der Waals surface area contributed by atoms with E-state index in [0.29, 0.717) is 37.8 Å². The number of carbonyl (C=O) groups is 2. The van der Waals surface area contributed by atoms with E-state index >= 15 is 0 Å². The van der Waals surface area contributed by atoms with Crippen molar-refractivity contribution in [1.82, 2.24) is 0 Å². The maximum Gasteiger partial charge on any atom is 0.271 e. The number of hydroxylamine groups is 1. The lowest BCUT2D eigenvalue weighted by Crippen LogP contribution is -2.37. The standard InChI is InChI=1S/C27H16Cl3N3O6/c28-15-5-7-16(8-6-15)31-26(34)23-24(22-11-10-21(38-22)14-4-9-19(29)20(30)12-14)32(39-25(23)27(31)35)17-2-1-3-18(13-17)33(36)37/h1-13,23-25H/t23-,24-,25+/m0/s1. The summed E-state index contributed by atoms with van der Waals surface area (Å²) in [4.78, 5) is 45.2. The number of rotatable bonds is 5. The van der Waals surface area contributed by atoms with Gasteiger partial charge in [-0.2, -0.15) is 0 Å². The van der Waals surface area contributed by atoms with E-state index in [1.165, 1.54) is 23.3 Å². The lowest BCUT2D eigenvalue weighted by atomic mass is 9.94. The van der Waals surface area contributed by atoms with Gasteiger partial charge in [0.1, 0.15) is 23.5 Å². The quantitative estimate of drug-likeness (QED) is 0.143. The van der Waals surface area contributed by atoms with E-state index in [4.69, 9.17) is 44.1 Å². The summed E-state index contributed by atoms with van der Waals surface area (Å²) < 4.78 is 6.17. The summed E-state index contributed by atoms with van der Waals surface area (Å²) in [6, 6.07) is 19.5. The van der Waals surface area contributed by atoms with Crippen molar-refractivity contribution in [2.24, 2.45) is 5.92 Å². The summed E-state index contributed by atoms with van der Waals surface area (Å²) in [5.74, 6) is -1.31. The van der Waals surface area contributed by atoms with Crippen LogP contribution in [0.25, 0.3) is 11.3 Å². The zero-order chi connectivity index (χ0) is 27.4. The van der Waals surface area contributed by atoms with Gasteiger partial charge < -0.3 is 4.42 Å². The van der Waals surface area contributed by atoms with E-state index < -0.39 is 34.8 Å². The number of furan rings is 1. The highest BCUT2D eigenvalue weighted by Gasteiger charge is 2.61. The zero-order valence-corrected chi connectivity index (χ0v) is 21.9.